The molecule has 4 aliphatic carbocycles. The van der Waals surface area contributed by atoms with Crippen molar-refractivity contribution in [1.82, 2.24) is 0 Å². The van der Waals surface area contributed by atoms with Gasteiger partial charge in [-0.05, 0) is 56.8 Å². The number of fused-ring (bicyclic) bond motifs is 6. The second kappa shape index (κ2) is 36.5. The van der Waals surface area contributed by atoms with Gasteiger partial charge in [0.25, 0.3) is 0 Å². The minimum atomic E-state index is 0. The molecule has 0 saturated heterocycles. The summed E-state index contributed by atoms with van der Waals surface area (Å²) in [5.74, 6) is 1.10. The Bertz CT molecular complexity index is 3460. The third-order valence-corrected chi connectivity index (χ3v) is 20.0. The molecule has 498 valence electrons. The van der Waals surface area contributed by atoms with E-state index >= 15 is 0 Å². The van der Waals surface area contributed by atoms with Crippen LogP contribution in [-0.4, -0.2) is 6.41 Å². The molecule has 12 rings (SSSR count). The van der Waals surface area contributed by atoms with E-state index in [4.69, 9.17) is 0 Å². The molecule has 8 aromatic carbocycles. The van der Waals surface area contributed by atoms with Crippen LogP contribution in [0.1, 0.15) is 212 Å². The Morgan fingerprint density at radius 1 is 0.368 bits per heavy atom. The zero-order valence-corrected chi connectivity index (χ0v) is 68.4. The molecule has 0 N–H and O–H groups in total. The van der Waals surface area contributed by atoms with E-state index in [1.54, 1.807) is 0 Å². The van der Waals surface area contributed by atoms with Crippen LogP contribution >= 0.6 is 0 Å². The van der Waals surface area contributed by atoms with Crippen molar-refractivity contribution in [3.05, 3.63) is 308 Å². The fourth-order valence-electron chi connectivity index (χ4n) is 11.1. The van der Waals surface area contributed by atoms with Gasteiger partial charge in [0.05, 0.1) is 0 Å². The Balaban J connectivity index is 0.000000301. The van der Waals surface area contributed by atoms with Gasteiger partial charge in [0.2, 0.25) is 0 Å². The third kappa shape index (κ3) is 24.4. The van der Waals surface area contributed by atoms with Gasteiger partial charge in [-0.2, -0.15) is 70.8 Å². The molecule has 2 unspecified atom stereocenters. The Hall–Kier alpha value is -4.61. The predicted molar refractivity (Wildman–Crippen MR) is 388 cm³/mol. The standard InChI is InChI=1S/2C21H25.2C13H10.C11H17.C10H15.4ClH.2Zr/c2*1-20(2,3)16-7-9-18-14(12-16)11-15-13-17(21(4,5)6)8-10-19(15)18;2*1-3-7-12(8-4-1)11-13-9-5-2-6-10-13;1-5-9-6-7-10(8-9)11(2,3)4;1-8-5-6-9(7-8)10(2,3)4;;;;;;/h2*7-10,12H,11H2,1-6H3;2*1-10H;7-9H,5H2,1-4H3;6-8H,1-4H3;4*1H;;/q2*-1;;;2*-1;;;;;2*+2/p-4. The quantitative estimate of drug-likeness (QED) is 0.151. The van der Waals surface area contributed by atoms with Gasteiger partial charge >= 0.3 is 198 Å². The minimum absolute atomic E-state index is 0. The van der Waals surface area contributed by atoms with Gasteiger partial charge in [-0.3, -0.25) is 12.2 Å². The third-order valence-electron chi connectivity index (χ3n) is 17.1. The molecule has 6 heteroatoms. The normalized spacial score (nSPS) is 14.5. The van der Waals surface area contributed by atoms with Crippen LogP contribution in [0.3, 0.4) is 0 Å². The zero-order chi connectivity index (χ0) is 66.7. The van der Waals surface area contributed by atoms with Crippen LogP contribution < -0.4 is 49.6 Å². The molecule has 0 aliphatic heterocycles. The maximum absolute atomic E-state index is 3.67. The van der Waals surface area contributed by atoms with E-state index in [0.717, 1.165) is 12.8 Å². The van der Waals surface area contributed by atoms with E-state index in [9.17, 15) is 0 Å². The molecular formula is C89H102Cl4Zr2-4. The number of benzene rings is 8. The van der Waals surface area contributed by atoms with E-state index < -0.39 is 0 Å². The molecular weight excluding hydrogens is 1390 g/mol. The topological polar surface area (TPSA) is 0 Å². The summed E-state index contributed by atoms with van der Waals surface area (Å²) in [7, 11) is 0. The SMILES string of the molecule is CC(C)(C)c1[c-]c2c(cc1)-c1ccc(C(C)(C)C)cc1C2.CC(C)(C)c1[c-]c2c(cc1)-c1ccc(C(C)(C)C)cc1C2.CC1[C-]=CC(C(C)(C)C)=C1.CCC1[C-]=CC(C(C)(C)C)=C1.[Cl-].[Cl-].[Cl-].[Cl-].[Zr+2]=[C](c1ccccc1)c1ccccc1.[Zr+2]=[C](c1ccccc1)c1ccccc1. The van der Waals surface area contributed by atoms with Crippen molar-refractivity contribution in [2.75, 3.05) is 0 Å². The Morgan fingerprint density at radius 3 is 0.916 bits per heavy atom. The van der Waals surface area contributed by atoms with Gasteiger partial charge < -0.3 is 49.6 Å². The van der Waals surface area contributed by atoms with E-state index in [-0.39, 0.29) is 71.3 Å². The Morgan fingerprint density at radius 2 is 0.674 bits per heavy atom. The van der Waals surface area contributed by atoms with Crippen molar-refractivity contribution in [3.63, 3.8) is 0 Å². The molecule has 0 saturated carbocycles. The molecule has 0 aromatic heterocycles. The zero-order valence-electron chi connectivity index (χ0n) is 60.4. The summed E-state index contributed by atoms with van der Waals surface area (Å²) in [5.41, 5.74) is 26.2. The summed E-state index contributed by atoms with van der Waals surface area (Å²) in [5, 5.41) is 0. The Labute approximate surface area is 631 Å². The molecule has 0 spiro atoms. The molecule has 95 heavy (non-hydrogen) atoms. The van der Waals surface area contributed by atoms with Crippen LogP contribution in [0.15, 0.2) is 217 Å². The molecule has 8 aromatic rings. The summed E-state index contributed by atoms with van der Waals surface area (Å²) in [4.78, 5) is 0. The maximum atomic E-state index is 3.67. The van der Waals surface area contributed by atoms with Crippen LogP contribution in [0.4, 0.5) is 0 Å². The summed E-state index contributed by atoms with van der Waals surface area (Å²) in [6.07, 6.45) is 18.7. The van der Waals surface area contributed by atoms with Crippen molar-refractivity contribution in [2.24, 2.45) is 22.7 Å². The Kier molecular flexibility index (Phi) is 32.5. The first-order chi connectivity index (χ1) is 42.6. The second-order valence-electron chi connectivity index (χ2n) is 31.0. The first kappa shape index (κ1) is 84.6. The summed E-state index contributed by atoms with van der Waals surface area (Å²) in [6, 6.07) is 72.5. The fraction of sp³-hybridized carbons (Fsp3) is 0.348. The summed E-state index contributed by atoms with van der Waals surface area (Å²) >= 11 is 2.92. The first-order valence-corrected chi connectivity index (χ1v) is 35.5. The molecule has 0 bridgehead atoms. The van der Waals surface area contributed by atoms with Gasteiger partial charge in [0, 0.05) is 0 Å². The van der Waals surface area contributed by atoms with Crippen LogP contribution in [0.2, 0.25) is 0 Å². The first-order valence-electron chi connectivity index (χ1n) is 33.0. The van der Waals surface area contributed by atoms with Gasteiger partial charge in [-0.25, -0.2) is 12.2 Å². The second-order valence-corrected chi connectivity index (χ2v) is 33.5. The fourth-order valence-corrected chi connectivity index (χ4v) is 12.7. The van der Waals surface area contributed by atoms with Gasteiger partial charge in [0.15, 0.2) is 0 Å². The van der Waals surface area contributed by atoms with E-state index in [1.807, 2.05) is 0 Å². The van der Waals surface area contributed by atoms with Crippen molar-refractivity contribution in [1.29, 1.82) is 0 Å². The van der Waals surface area contributed by atoms with Crippen molar-refractivity contribution in [2.45, 2.75) is 179 Å². The van der Waals surface area contributed by atoms with Gasteiger partial charge in [-0.1, -0.05) is 215 Å². The average molecular weight is 1500 g/mol. The van der Waals surface area contributed by atoms with Crippen LogP contribution in [-0.2, 0) is 83.0 Å². The molecule has 0 fully saturated rings. The van der Waals surface area contributed by atoms with Crippen molar-refractivity contribution >= 4 is 6.41 Å². The van der Waals surface area contributed by atoms with E-state index in [1.165, 1.54) is 161 Å². The van der Waals surface area contributed by atoms with Crippen molar-refractivity contribution < 1.29 is 98.1 Å². The molecule has 0 amide bonds. The van der Waals surface area contributed by atoms with Crippen LogP contribution in [0.25, 0.3) is 22.3 Å². The van der Waals surface area contributed by atoms with E-state index in [0.29, 0.717) is 22.7 Å². The molecule has 4 aliphatic rings. The van der Waals surface area contributed by atoms with Gasteiger partial charge in [0.1, 0.15) is 0 Å². The van der Waals surface area contributed by atoms with Crippen LogP contribution in [0, 0.1) is 47.0 Å². The summed E-state index contributed by atoms with van der Waals surface area (Å²) < 4.78 is 2.83. The number of rotatable bonds is 5. The number of hydrogen-bond donors (Lipinski definition) is 0. The van der Waals surface area contributed by atoms with Gasteiger partial charge in [-0.15, -0.1) is 22.3 Å². The molecule has 0 heterocycles. The van der Waals surface area contributed by atoms with Crippen LogP contribution in [0.5, 0.6) is 0 Å². The molecule has 0 nitrogen and oxygen atoms in total. The number of allylic oxidation sites excluding steroid dienone is 8. The number of halogens is 4. The molecule has 2 atom stereocenters. The summed E-state index contributed by atoms with van der Waals surface area (Å²) in [6.45, 7) is 45.0. The predicted octanol–water partition coefficient (Wildman–Crippen LogP) is 11.3. The number of hydrogen-bond acceptors (Lipinski definition) is 0. The van der Waals surface area contributed by atoms with E-state index in [2.05, 4.69) is 369 Å². The monoisotopic (exact) mass is 1490 g/mol. The van der Waals surface area contributed by atoms with Crippen molar-refractivity contribution in [3.8, 4) is 22.3 Å². The average Bonchev–Trinajstić information content (AvgIpc) is 1.62. The molecule has 0 radical (unpaired) electrons.